The topological polar surface area (TPSA) is 17.8 Å². The van der Waals surface area contributed by atoms with E-state index >= 15 is 0 Å². The number of hydrogen-bond donors (Lipinski definition) is 0. The Bertz CT molecular complexity index is 1810. The van der Waals surface area contributed by atoms with E-state index in [9.17, 15) is 0 Å². The van der Waals surface area contributed by atoms with Crippen LogP contribution < -0.4 is 10.7 Å². The summed E-state index contributed by atoms with van der Waals surface area (Å²) in [4.78, 5) is 5.11. The summed E-state index contributed by atoms with van der Waals surface area (Å²) in [7, 11) is 0. The zero-order valence-electron chi connectivity index (χ0n) is 18.6. The maximum Gasteiger partial charge on any atom is 0.145 e. The van der Waals surface area contributed by atoms with Crippen LogP contribution in [0.4, 0.5) is 0 Å². The molecule has 34 heavy (non-hydrogen) atoms. The minimum absolute atomic E-state index is 0.996. The van der Waals surface area contributed by atoms with Crippen LogP contribution >= 0.6 is 11.3 Å². The van der Waals surface area contributed by atoms with E-state index in [-0.39, 0.29) is 0 Å². The van der Waals surface area contributed by atoms with Crippen LogP contribution in [-0.4, -0.2) is 9.55 Å². The molecule has 2 heterocycles. The second-order valence-electron chi connectivity index (χ2n) is 8.72. The first-order valence-electron chi connectivity index (χ1n) is 11.7. The second kappa shape index (κ2) is 7.82. The summed E-state index contributed by atoms with van der Waals surface area (Å²) in [6.07, 6.45) is 6.69. The summed E-state index contributed by atoms with van der Waals surface area (Å²) in [6, 6.07) is 34.8. The summed E-state index contributed by atoms with van der Waals surface area (Å²) < 4.78 is 4.98. The van der Waals surface area contributed by atoms with Crippen LogP contribution in [-0.2, 0) is 0 Å². The molecule has 6 aromatic rings. The molecule has 0 N–H and O–H groups in total. The Kier molecular flexibility index (Phi) is 4.49. The second-order valence-corrected chi connectivity index (χ2v) is 9.78. The molecule has 2 aromatic heterocycles. The van der Waals surface area contributed by atoms with Crippen LogP contribution in [0.15, 0.2) is 97.1 Å². The molecule has 0 fully saturated rings. The van der Waals surface area contributed by atoms with Crippen LogP contribution in [0, 0.1) is 0 Å². The van der Waals surface area contributed by atoms with Crippen LogP contribution in [0.2, 0.25) is 0 Å². The monoisotopic (exact) mass is 454 g/mol. The van der Waals surface area contributed by atoms with E-state index in [1.807, 2.05) is 11.3 Å². The van der Waals surface area contributed by atoms with Gasteiger partial charge in [0, 0.05) is 31.4 Å². The first-order valence-corrected chi connectivity index (χ1v) is 12.5. The van der Waals surface area contributed by atoms with Crippen LogP contribution in [0.1, 0.15) is 12.8 Å². The van der Waals surface area contributed by atoms with E-state index in [1.165, 1.54) is 36.6 Å². The quantitative estimate of drug-likeness (QED) is 0.283. The number of hydrogen-bond acceptors (Lipinski definition) is 2. The SMILES string of the molecule is C1=c2nc(-c3cccc(-c4cccc5c4sc4ccccc45)c3)n(-c3ccccc3)c2=CCC1. The molecule has 0 bridgehead atoms. The van der Waals surface area contributed by atoms with Gasteiger partial charge in [0.05, 0.1) is 10.7 Å². The van der Waals surface area contributed by atoms with E-state index < -0.39 is 0 Å². The van der Waals surface area contributed by atoms with Crippen molar-refractivity contribution in [2.75, 3.05) is 0 Å². The molecule has 3 heteroatoms. The van der Waals surface area contributed by atoms with Gasteiger partial charge in [0.15, 0.2) is 0 Å². The molecular formula is C31H22N2S. The van der Waals surface area contributed by atoms with Gasteiger partial charge in [0.25, 0.3) is 0 Å². The summed E-state index contributed by atoms with van der Waals surface area (Å²) in [5.41, 5.74) is 4.79. The molecule has 0 atom stereocenters. The number of benzene rings is 4. The largest absolute Gasteiger partial charge is 0.293 e. The van der Waals surface area contributed by atoms with Gasteiger partial charge in [-0.1, -0.05) is 84.9 Å². The minimum atomic E-state index is 0.996. The maximum absolute atomic E-state index is 5.11. The van der Waals surface area contributed by atoms with Crippen LogP contribution in [0.3, 0.4) is 0 Å². The van der Waals surface area contributed by atoms with Gasteiger partial charge in [-0.15, -0.1) is 11.3 Å². The van der Waals surface area contributed by atoms with E-state index in [2.05, 4.69) is 114 Å². The summed E-state index contributed by atoms with van der Waals surface area (Å²) in [5.74, 6) is 0.996. The molecule has 0 aliphatic heterocycles. The number of nitrogens with zero attached hydrogens (tertiary/aromatic N) is 2. The third-order valence-electron chi connectivity index (χ3n) is 6.63. The Labute approximate surface area is 201 Å². The summed E-state index contributed by atoms with van der Waals surface area (Å²) in [6.45, 7) is 0. The Morgan fingerprint density at radius 2 is 1.44 bits per heavy atom. The highest BCUT2D eigenvalue weighted by Crippen LogP contribution is 2.40. The predicted molar refractivity (Wildman–Crippen MR) is 145 cm³/mol. The molecular weight excluding hydrogens is 432 g/mol. The molecule has 1 aliphatic carbocycles. The van der Waals surface area contributed by atoms with Crippen molar-refractivity contribution < 1.29 is 0 Å². The number of thiophene rings is 1. The number of rotatable bonds is 3. The first kappa shape index (κ1) is 19.5. The van der Waals surface area contributed by atoms with Gasteiger partial charge in [-0.2, -0.15) is 0 Å². The molecule has 2 nitrogen and oxygen atoms in total. The third-order valence-corrected chi connectivity index (χ3v) is 7.85. The fraction of sp³-hybridized carbons (Fsp3) is 0.0645. The zero-order valence-corrected chi connectivity index (χ0v) is 19.4. The fourth-order valence-corrected chi connectivity index (χ4v) is 6.31. The average molecular weight is 455 g/mol. The number of fused-ring (bicyclic) bond motifs is 4. The van der Waals surface area contributed by atoms with E-state index in [0.717, 1.165) is 35.3 Å². The lowest BCUT2D eigenvalue weighted by Crippen LogP contribution is -2.31. The molecule has 0 saturated carbocycles. The lowest BCUT2D eigenvalue weighted by molar-refractivity contribution is 1.00. The lowest BCUT2D eigenvalue weighted by Gasteiger charge is -2.11. The smallest absolute Gasteiger partial charge is 0.145 e. The fourth-order valence-electron chi connectivity index (χ4n) is 5.07. The van der Waals surface area contributed by atoms with Crippen molar-refractivity contribution in [3.05, 3.63) is 108 Å². The molecule has 0 spiro atoms. The molecule has 0 radical (unpaired) electrons. The van der Waals surface area contributed by atoms with Crippen molar-refractivity contribution in [2.45, 2.75) is 12.8 Å². The highest BCUT2D eigenvalue weighted by atomic mass is 32.1. The summed E-state index contributed by atoms with van der Waals surface area (Å²) >= 11 is 1.88. The van der Waals surface area contributed by atoms with Crippen molar-refractivity contribution in [3.63, 3.8) is 0 Å². The number of imidazole rings is 1. The van der Waals surface area contributed by atoms with Crippen molar-refractivity contribution in [1.29, 1.82) is 0 Å². The highest BCUT2D eigenvalue weighted by Gasteiger charge is 2.15. The minimum Gasteiger partial charge on any atom is -0.293 e. The Balaban J connectivity index is 1.46. The van der Waals surface area contributed by atoms with Gasteiger partial charge in [-0.05, 0) is 48.2 Å². The van der Waals surface area contributed by atoms with Gasteiger partial charge >= 0.3 is 0 Å². The van der Waals surface area contributed by atoms with Crippen molar-refractivity contribution >= 4 is 43.7 Å². The number of aromatic nitrogens is 2. The van der Waals surface area contributed by atoms with Gasteiger partial charge < -0.3 is 0 Å². The highest BCUT2D eigenvalue weighted by molar-refractivity contribution is 7.26. The van der Waals surface area contributed by atoms with Crippen LogP contribution in [0.5, 0.6) is 0 Å². The van der Waals surface area contributed by atoms with E-state index in [0.29, 0.717) is 0 Å². The van der Waals surface area contributed by atoms with Crippen LogP contribution in [0.25, 0.3) is 60.5 Å². The summed E-state index contributed by atoms with van der Waals surface area (Å²) in [5, 5.41) is 4.94. The lowest BCUT2D eigenvalue weighted by atomic mass is 10.0. The Hall–Kier alpha value is -3.95. The molecule has 0 saturated heterocycles. The van der Waals surface area contributed by atoms with Crippen molar-refractivity contribution in [3.8, 4) is 28.2 Å². The standard InChI is InChI=1S/C31H22N2S/c1-2-12-23(13-3-1)33-28-18-6-5-17-27(28)32-31(33)22-11-8-10-21(20-22)24-15-9-16-26-25-14-4-7-19-29(25)34-30(24)26/h1-4,7-20H,5-6H2. The number of para-hydroxylation sites is 1. The molecule has 4 aromatic carbocycles. The van der Waals surface area contributed by atoms with Crippen molar-refractivity contribution in [2.24, 2.45) is 0 Å². The predicted octanol–water partition coefficient (Wildman–Crippen LogP) is 6.93. The third kappa shape index (κ3) is 3.05. The Morgan fingerprint density at radius 1 is 0.676 bits per heavy atom. The van der Waals surface area contributed by atoms with Gasteiger partial charge in [-0.25, -0.2) is 4.98 Å². The van der Waals surface area contributed by atoms with E-state index in [4.69, 9.17) is 4.98 Å². The van der Waals surface area contributed by atoms with Crippen molar-refractivity contribution in [1.82, 2.24) is 9.55 Å². The molecule has 0 amide bonds. The Morgan fingerprint density at radius 3 is 2.38 bits per heavy atom. The maximum atomic E-state index is 5.11. The van der Waals surface area contributed by atoms with Gasteiger partial charge in [-0.3, -0.25) is 4.57 Å². The van der Waals surface area contributed by atoms with E-state index in [1.54, 1.807) is 0 Å². The molecule has 0 unspecified atom stereocenters. The zero-order chi connectivity index (χ0) is 22.5. The normalized spacial score (nSPS) is 12.9. The first-order chi connectivity index (χ1) is 16.9. The molecule has 7 rings (SSSR count). The van der Waals surface area contributed by atoms with Gasteiger partial charge in [0.2, 0.25) is 0 Å². The average Bonchev–Trinajstić information content (AvgIpc) is 3.48. The van der Waals surface area contributed by atoms with Gasteiger partial charge in [0.1, 0.15) is 5.82 Å². The molecule has 1 aliphatic rings. The molecule has 162 valence electrons.